The number of hydrogen-bond acceptors (Lipinski definition) is 4. The molecule has 98 valence electrons. The number of aromatic hydroxyl groups is 2. The maximum absolute atomic E-state index is 12.2. The van der Waals surface area contributed by atoms with Crippen molar-refractivity contribution in [3.05, 3.63) is 53.9 Å². The average Bonchev–Trinajstić information content (AvgIpc) is 2.39. The van der Waals surface area contributed by atoms with E-state index >= 15 is 0 Å². The Kier molecular flexibility index (Phi) is 3.66. The predicted octanol–water partition coefficient (Wildman–Crippen LogP) is 1.77. The molecule has 0 aliphatic carbocycles. The lowest BCUT2D eigenvalue weighted by atomic mass is 10.1. The monoisotopic (exact) mass is 258 g/mol. The normalized spacial score (nSPS) is 10.2. The minimum absolute atomic E-state index is 0.0964. The molecular formula is C14H14N2O3. The Labute approximate surface area is 110 Å². The number of phenolic OH excluding ortho intramolecular Hbond substituents is 2. The van der Waals surface area contributed by atoms with Crippen molar-refractivity contribution in [3.8, 4) is 11.5 Å². The number of hydrogen-bond donors (Lipinski definition) is 2. The number of aromatic nitrogens is 1. The van der Waals surface area contributed by atoms with Crippen LogP contribution in [0.25, 0.3) is 0 Å². The molecule has 5 nitrogen and oxygen atoms in total. The summed E-state index contributed by atoms with van der Waals surface area (Å²) in [5.74, 6) is -0.933. The maximum atomic E-state index is 12.2. The van der Waals surface area contributed by atoms with Crippen LogP contribution in [0, 0.1) is 0 Å². The minimum Gasteiger partial charge on any atom is -0.507 e. The van der Waals surface area contributed by atoms with E-state index < -0.39 is 5.91 Å². The van der Waals surface area contributed by atoms with Gasteiger partial charge in [0, 0.05) is 13.2 Å². The predicted molar refractivity (Wildman–Crippen MR) is 69.8 cm³/mol. The van der Waals surface area contributed by atoms with Gasteiger partial charge in [-0.1, -0.05) is 12.1 Å². The van der Waals surface area contributed by atoms with E-state index in [-0.39, 0.29) is 17.1 Å². The van der Waals surface area contributed by atoms with Gasteiger partial charge in [-0.2, -0.15) is 0 Å². The van der Waals surface area contributed by atoms with E-state index in [9.17, 15) is 15.0 Å². The zero-order valence-corrected chi connectivity index (χ0v) is 10.4. The van der Waals surface area contributed by atoms with E-state index in [0.717, 1.165) is 5.69 Å². The quantitative estimate of drug-likeness (QED) is 0.879. The van der Waals surface area contributed by atoms with E-state index in [1.165, 1.54) is 23.1 Å². The molecule has 19 heavy (non-hydrogen) atoms. The second-order valence-electron chi connectivity index (χ2n) is 4.15. The van der Waals surface area contributed by atoms with Crippen molar-refractivity contribution >= 4 is 5.91 Å². The molecule has 1 aromatic carbocycles. The molecule has 0 fully saturated rings. The maximum Gasteiger partial charge on any atom is 0.261 e. The Morgan fingerprint density at radius 2 is 1.84 bits per heavy atom. The molecule has 1 heterocycles. The summed E-state index contributed by atoms with van der Waals surface area (Å²) in [5.41, 5.74) is 0.634. The van der Waals surface area contributed by atoms with Crippen LogP contribution < -0.4 is 0 Å². The van der Waals surface area contributed by atoms with Crippen LogP contribution in [0.4, 0.5) is 0 Å². The van der Waals surface area contributed by atoms with Gasteiger partial charge >= 0.3 is 0 Å². The second-order valence-corrected chi connectivity index (χ2v) is 4.15. The summed E-state index contributed by atoms with van der Waals surface area (Å²) in [4.78, 5) is 17.7. The van der Waals surface area contributed by atoms with Gasteiger partial charge in [-0.25, -0.2) is 0 Å². The fourth-order valence-electron chi connectivity index (χ4n) is 1.74. The standard InChI is InChI=1S/C14H14N2O3/c1-16(9-10-5-2-3-8-15-10)14(19)13-11(17)6-4-7-12(13)18/h2-8,17-18H,9H2,1H3. The van der Waals surface area contributed by atoms with Crippen LogP contribution in [0.3, 0.4) is 0 Å². The third kappa shape index (κ3) is 2.82. The summed E-state index contributed by atoms with van der Waals surface area (Å²) in [6, 6.07) is 9.62. The summed E-state index contributed by atoms with van der Waals surface area (Å²) in [6.07, 6.45) is 1.64. The topological polar surface area (TPSA) is 73.7 Å². The molecule has 0 saturated carbocycles. The van der Waals surface area contributed by atoms with E-state index in [2.05, 4.69) is 4.98 Å². The van der Waals surface area contributed by atoms with Crippen LogP contribution in [0.2, 0.25) is 0 Å². The van der Waals surface area contributed by atoms with Crippen LogP contribution in [0.15, 0.2) is 42.6 Å². The molecule has 0 aliphatic rings. The Morgan fingerprint density at radius 1 is 1.16 bits per heavy atom. The van der Waals surface area contributed by atoms with Crippen molar-refractivity contribution in [2.24, 2.45) is 0 Å². The van der Waals surface area contributed by atoms with E-state index in [1.807, 2.05) is 6.07 Å². The lowest BCUT2D eigenvalue weighted by Gasteiger charge is -2.18. The number of amides is 1. The molecule has 0 radical (unpaired) electrons. The highest BCUT2D eigenvalue weighted by molar-refractivity contribution is 5.99. The van der Waals surface area contributed by atoms with E-state index in [4.69, 9.17) is 0 Å². The Balaban J connectivity index is 2.20. The van der Waals surface area contributed by atoms with Crippen molar-refractivity contribution in [1.29, 1.82) is 0 Å². The molecular weight excluding hydrogens is 244 g/mol. The number of carbonyl (C=O) groups excluding carboxylic acids is 1. The molecule has 0 bridgehead atoms. The first-order valence-electron chi connectivity index (χ1n) is 5.76. The Hall–Kier alpha value is -2.56. The number of nitrogens with zero attached hydrogens (tertiary/aromatic N) is 2. The smallest absolute Gasteiger partial charge is 0.261 e. The summed E-state index contributed by atoms with van der Waals surface area (Å²) in [5, 5.41) is 19.3. The van der Waals surface area contributed by atoms with Crippen LogP contribution in [-0.4, -0.2) is 33.1 Å². The van der Waals surface area contributed by atoms with Crippen molar-refractivity contribution in [2.45, 2.75) is 6.54 Å². The second kappa shape index (κ2) is 5.39. The van der Waals surface area contributed by atoms with E-state index in [0.29, 0.717) is 6.54 Å². The fourth-order valence-corrected chi connectivity index (χ4v) is 1.74. The molecule has 5 heteroatoms. The van der Waals surface area contributed by atoms with Crippen LogP contribution in [0.1, 0.15) is 16.1 Å². The third-order valence-corrected chi connectivity index (χ3v) is 2.71. The van der Waals surface area contributed by atoms with Gasteiger partial charge in [0.05, 0.1) is 12.2 Å². The molecule has 0 atom stereocenters. The van der Waals surface area contributed by atoms with Crippen LogP contribution >= 0.6 is 0 Å². The molecule has 1 amide bonds. The van der Waals surface area contributed by atoms with Gasteiger partial charge in [-0.15, -0.1) is 0 Å². The SMILES string of the molecule is CN(Cc1ccccn1)C(=O)c1c(O)cccc1O. The number of phenols is 2. The van der Waals surface area contributed by atoms with E-state index in [1.54, 1.807) is 25.4 Å². The molecule has 0 aliphatic heterocycles. The van der Waals surface area contributed by atoms with Crippen molar-refractivity contribution in [3.63, 3.8) is 0 Å². The molecule has 2 rings (SSSR count). The number of rotatable bonds is 3. The van der Waals surface area contributed by atoms with Gasteiger partial charge in [-0.3, -0.25) is 9.78 Å². The summed E-state index contributed by atoms with van der Waals surface area (Å²) >= 11 is 0. The lowest BCUT2D eigenvalue weighted by molar-refractivity contribution is 0.0777. The highest BCUT2D eigenvalue weighted by Gasteiger charge is 2.20. The summed E-state index contributed by atoms with van der Waals surface area (Å²) in [7, 11) is 1.59. The first-order valence-corrected chi connectivity index (χ1v) is 5.76. The first-order chi connectivity index (χ1) is 9.09. The third-order valence-electron chi connectivity index (χ3n) is 2.71. The Bertz CT molecular complexity index is 564. The molecule has 1 aromatic heterocycles. The summed E-state index contributed by atoms with van der Waals surface area (Å²) < 4.78 is 0. The average molecular weight is 258 g/mol. The number of pyridine rings is 1. The van der Waals surface area contributed by atoms with Gasteiger partial charge in [0.25, 0.3) is 5.91 Å². The highest BCUT2D eigenvalue weighted by Crippen LogP contribution is 2.27. The molecule has 2 N–H and O–H groups in total. The highest BCUT2D eigenvalue weighted by atomic mass is 16.3. The fraction of sp³-hybridized carbons (Fsp3) is 0.143. The molecule has 0 spiro atoms. The van der Waals surface area contributed by atoms with Crippen LogP contribution in [0.5, 0.6) is 11.5 Å². The molecule has 0 unspecified atom stereocenters. The molecule has 0 saturated heterocycles. The van der Waals surface area contributed by atoms with Gasteiger partial charge in [-0.05, 0) is 24.3 Å². The largest absolute Gasteiger partial charge is 0.507 e. The first kappa shape index (κ1) is 12.9. The Morgan fingerprint density at radius 3 is 2.42 bits per heavy atom. The van der Waals surface area contributed by atoms with Crippen molar-refractivity contribution < 1.29 is 15.0 Å². The van der Waals surface area contributed by atoms with Gasteiger partial charge < -0.3 is 15.1 Å². The minimum atomic E-state index is -0.457. The van der Waals surface area contributed by atoms with Gasteiger partial charge in [0.1, 0.15) is 17.1 Å². The van der Waals surface area contributed by atoms with Crippen molar-refractivity contribution in [2.75, 3.05) is 7.05 Å². The lowest BCUT2D eigenvalue weighted by Crippen LogP contribution is -2.26. The number of carbonyl (C=O) groups is 1. The molecule has 2 aromatic rings. The zero-order chi connectivity index (χ0) is 13.8. The zero-order valence-electron chi connectivity index (χ0n) is 10.4. The number of benzene rings is 1. The van der Waals surface area contributed by atoms with Gasteiger partial charge in [0.2, 0.25) is 0 Å². The van der Waals surface area contributed by atoms with Gasteiger partial charge in [0.15, 0.2) is 0 Å². The van der Waals surface area contributed by atoms with Crippen LogP contribution in [-0.2, 0) is 6.54 Å². The van der Waals surface area contributed by atoms with Crippen molar-refractivity contribution in [1.82, 2.24) is 9.88 Å². The summed E-state index contributed by atoms with van der Waals surface area (Å²) in [6.45, 7) is 0.299.